The van der Waals surface area contributed by atoms with Crippen LogP contribution in [0.2, 0.25) is 5.02 Å². The molecule has 1 heterocycles. The van der Waals surface area contributed by atoms with Crippen molar-refractivity contribution in [1.29, 1.82) is 0 Å². The van der Waals surface area contributed by atoms with Crippen molar-refractivity contribution >= 4 is 34.6 Å². The van der Waals surface area contributed by atoms with Gasteiger partial charge in [-0.3, -0.25) is 0 Å². The molecule has 0 amide bonds. The fraction of sp³-hybridized carbons (Fsp3) is 0.214. The Morgan fingerprint density at radius 2 is 2.21 bits per heavy atom. The molecule has 0 spiro atoms. The number of methoxy groups -OCH3 is 1. The quantitative estimate of drug-likeness (QED) is 0.863. The molecule has 3 nitrogen and oxygen atoms in total. The number of esters is 1. The summed E-state index contributed by atoms with van der Waals surface area (Å²) in [5.74, 6) is -0.338. The van der Waals surface area contributed by atoms with Gasteiger partial charge in [-0.1, -0.05) is 23.2 Å². The van der Waals surface area contributed by atoms with Crippen molar-refractivity contribution in [3.05, 3.63) is 50.7 Å². The Morgan fingerprint density at radius 1 is 1.42 bits per heavy atom. The zero-order chi connectivity index (χ0) is 13.8. The first-order valence-electron chi connectivity index (χ1n) is 5.76. The molecule has 0 saturated heterocycles. The monoisotopic (exact) mass is 295 g/mol. The molecule has 2 aromatic rings. The zero-order valence-corrected chi connectivity index (χ0v) is 12.3. The van der Waals surface area contributed by atoms with Gasteiger partial charge in [-0.25, -0.2) is 4.79 Å². The van der Waals surface area contributed by atoms with Gasteiger partial charge in [0, 0.05) is 22.5 Å². The summed E-state index contributed by atoms with van der Waals surface area (Å²) in [7, 11) is 1.38. The third kappa shape index (κ3) is 3.49. The third-order valence-electron chi connectivity index (χ3n) is 2.66. The fourth-order valence-corrected chi connectivity index (χ4v) is 2.73. The van der Waals surface area contributed by atoms with Gasteiger partial charge >= 0.3 is 5.97 Å². The highest BCUT2D eigenvalue weighted by molar-refractivity contribution is 7.10. The second-order valence-corrected chi connectivity index (χ2v) is 5.56. The van der Waals surface area contributed by atoms with E-state index in [1.165, 1.54) is 7.11 Å². The maximum atomic E-state index is 11.7. The molecule has 0 bridgehead atoms. The normalized spacial score (nSPS) is 10.3. The first kappa shape index (κ1) is 13.9. The van der Waals surface area contributed by atoms with Gasteiger partial charge in [-0.2, -0.15) is 0 Å². The molecule has 2 rings (SSSR count). The minimum atomic E-state index is -0.338. The molecule has 0 saturated carbocycles. The van der Waals surface area contributed by atoms with Crippen LogP contribution in [0.1, 0.15) is 20.8 Å². The summed E-state index contributed by atoms with van der Waals surface area (Å²) in [6.07, 6.45) is 0. The van der Waals surface area contributed by atoms with E-state index in [1.807, 2.05) is 36.6 Å². The van der Waals surface area contributed by atoms with Gasteiger partial charge in [-0.15, -0.1) is 11.3 Å². The molecular formula is C14H14ClNO2S. The molecule has 0 aliphatic heterocycles. The number of aryl methyl sites for hydroxylation is 1. The van der Waals surface area contributed by atoms with Crippen molar-refractivity contribution < 1.29 is 9.53 Å². The van der Waals surface area contributed by atoms with E-state index in [9.17, 15) is 4.79 Å². The average molecular weight is 296 g/mol. The van der Waals surface area contributed by atoms with Crippen LogP contribution in [0.25, 0.3) is 0 Å². The molecule has 100 valence electrons. The van der Waals surface area contributed by atoms with Crippen molar-refractivity contribution in [2.24, 2.45) is 0 Å². The van der Waals surface area contributed by atoms with Crippen molar-refractivity contribution in [3.63, 3.8) is 0 Å². The van der Waals surface area contributed by atoms with Crippen molar-refractivity contribution in [3.8, 4) is 0 Å². The Bertz CT molecular complexity index is 595. The van der Waals surface area contributed by atoms with Crippen LogP contribution >= 0.6 is 22.9 Å². The SMILES string of the molecule is COC(=O)c1cc(C)ccc1NCc1cc(Cl)cs1. The van der Waals surface area contributed by atoms with Gasteiger partial charge in [0.2, 0.25) is 0 Å². The number of benzene rings is 1. The second-order valence-electron chi connectivity index (χ2n) is 4.13. The molecule has 0 aliphatic rings. The first-order chi connectivity index (χ1) is 9.10. The summed E-state index contributed by atoms with van der Waals surface area (Å²) in [5.41, 5.74) is 2.33. The Hall–Kier alpha value is -1.52. The second kappa shape index (κ2) is 6.08. The van der Waals surface area contributed by atoms with Crippen molar-refractivity contribution in [1.82, 2.24) is 0 Å². The number of carbonyl (C=O) groups excluding carboxylic acids is 1. The van der Waals surface area contributed by atoms with E-state index in [-0.39, 0.29) is 5.97 Å². The van der Waals surface area contributed by atoms with Crippen LogP contribution in [0.4, 0.5) is 5.69 Å². The molecule has 0 radical (unpaired) electrons. The predicted molar refractivity (Wildman–Crippen MR) is 79.2 cm³/mol. The fourth-order valence-electron chi connectivity index (χ4n) is 1.72. The number of anilines is 1. The number of hydrogen-bond donors (Lipinski definition) is 1. The number of thiophene rings is 1. The largest absolute Gasteiger partial charge is 0.465 e. The summed E-state index contributed by atoms with van der Waals surface area (Å²) in [6, 6.07) is 7.56. The third-order valence-corrected chi connectivity index (χ3v) is 3.94. The highest BCUT2D eigenvalue weighted by atomic mass is 35.5. The van der Waals surface area contributed by atoms with E-state index < -0.39 is 0 Å². The van der Waals surface area contributed by atoms with Gasteiger partial charge in [0.15, 0.2) is 0 Å². The number of nitrogens with one attached hydrogen (secondary N) is 1. The van der Waals surface area contributed by atoms with Crippen LogP contribution < -0.4 is 5.32 Å². The summed E-state index contributed by atoms with van der Waals surface area (Å²) in [6.45, 7) is 2.57. The lowest BCUT2D eigenvalue weighted by Crippen LogP contribution is -2.08. The number of rotatable bonds is 4. The van der Waals surface area contributed by atoms with Crippen LogP contribution in [-0.4, -0.2) is 13.1 Å². The molecule has 1 aromatic heterocycles. The van der Waals surface area contributed by atoms with E-state index in [0.29, 0.717) is 12.1 Å². The summed E-state index contributed by atoms with van der Waals surface area (Å²) in [5, 5.41) is 5.86. The van der Waals surface area contributed by atoms with Gasteiger partial charge in [-0.05, 0) is 25.1 Å². The van der Waals surface area contributed by atoms with E-state index in [0.717, 1.165) is 21.2 Å². The van der Waals surface area contributed by atoms with Crippen molar-refractivity contribution in [2.45, 2.75) is 13.5 Å². The number of ether oxygens (including phenoxy) is 1. The molecule has 1 aromatic carbocycles. The van der Waals surface area contributed by atoms with Crippen LogP contribution in [0.3, 0.4) is 0 Å². The van der Waals surface area contributed by atoms with Crippen molar-refractivity contribution in [2.75, 3.05) is 12.4 Å². The standard InChI is InChI=1S/C14H14ClNO2S/c1-9-3-4-13(12(5-9)14(17)18-2)16-7-11-6-10(15)8-19-11/h3-6,8,16H,7H2,1-2H3. The molecule has 19 heavy (non-hydrogen) atoms. The lowest BCUT2D eigenvalue weighted by molar-refractivity contribution is 0.0601. The number of carbonyl (C=O) groups is 1. The molecule has 1 N–H and O–H groups in total. The van der Waals surface area contributed by atoms with Crippen LogP contribution in [0.15, 0.2) is 29.6 Å². The molecule has 5 heteroatoms. The lowest BCUT2D eigenvalue weighted by atomic mass is 10.1. The minimum absolute atomic E-state index is 0.338. The van der Waals surface area contributed by atoms with Gasteiger partial charge in [0.1, 0.15) is 0 Å². The van der Waals surface area contributed by atoms with Gasteiger partial charge < -0.3 is 10.1 Å². The minimum Gasteiger partial charge on any atom is -0.465 e. The van der Waals surface area contributed by atoms with Gasteiger partial charge in [0.05, 0.1) is 17.7 Å². The molecule has 0 atom stereocenters. The Kier molecular flexibility index (Phi) is 4.45. The summed E-state index contributed by atoms with van der Waals surface area (Å²) >= 11 is 7.46. The average Bonchev–Trinajstić information content (AvgIpc) is 2.82. The number of hydrogen-bond acceptors (Lipinski definition) is 4. The molecule has 0 unspecified atom stereocenters. The molecular weight excluding hydrogens is 282 g/mol. The molecule has 0 fully saturated rings. The molecule has 0 aliphatic carbocycles. The van der Waals surface area contributed by atoms with E-state index in [4.69, 9.17) is 16.3 Å². The summed E-state index contributed by atoms with van der Waals surface area (Å²) < 4.78 is 4.79. The van der Waals surface area contributed by atoms with E-state index >= 15 is 0 Å². The van der Waals surface area contributed by atoms with E-state index in [1.54, 1.807) is 11.3 Å². The van der Waals surface area contributed by atoms with Crippen LogP contribution in [-0.2, 0) is 11.3 Å². The van der Waals surface area contributed by atoms with Crippen LogP contribution in [0.5, 0.6) is 0 Å². The highest BCUT2D eigenvalue weighted by Crippen LogP contribution is 2.23. The zero-order valence-electron chi connectivity index (χ0n) is 10.7. The summed E-state index contributed by atoms with van der Waals surface area (Å²) in [4.78, 5) is 12.8. The number of halogens is 1. The van der Waals surface area contributed by atoms with Crippen LogP contribution in [0, 0.1) is 6.92 Å². The highest BCUT2D eigenvalue weighted by Gasteiger charge is 2.12. The predicted octanol–water partition coefficient (Wildman–Crippen LogP) is 4.11. The topological polar surface area (TPSA) is 38.3 Å². The smallest absolute Gasteiger partial charge is 0.339 e. The van der Waals surface area contributed by atoms with E-state index in [2.05, 4.69) is 5.32 Å². The maximum absolute atomic E-state index is 11.7. The Balaban J connectivity index is 2.17. The van der Waals surface area contributed by atoms with Gasteiger partial charge in [0.25, 0.3) is 0 Å². The maximum Gasteiger partial charge on any atom is 0.339 e. The lowest BCUT2D eigenvalue weighted by Gasteiger charge is -2.10. The Morgan fingerprint density at radius 3 is 2.84 bits per heavy atom. The Labute approximate surface area is 121 Å². The first-order valence-corrected chi connectivity index (χ1v) is 7.01.